The molecule has 9 nitrogen and oxygen atoms in total. The molecule has 0 fully saturated rings. The van der Waals surface area contributed by atoms with Gasteiger partial charge in [-0.15, -0.1) is 0 Å². The SMILES string of the molecule is CC(=O)CC(=O)CCOCCOCCOCCOCCOCCC(=O)Oc1c(F)c(F)c(F)c(F)c1F. The third kappa shape index (κ3) is 13.6. The van der Waals surface area contributed by atoms with Gasteiger partial charge in [-0.25, -0.2) is 13.2 Å². The lowest BCUT2D eigenvalue weighted by atomic mass is 10.2. The van der Waals surface area contributed by atoms with Crippen LogP contribution in [-0.4, -0.2) is 83.6 Å². The number of halogens is 5. The fraction of sp³-hybridized carbons (Fsp3) is 0.609. The molecule has 0 N–H and O–H groups in total. The number of benzene rings is 1. The van der Waals surface area contributed by atoms with E-state index in [9.17, 15) is 36.3 Å². The molecule has 1 aromatic carbocycles. The summed E-state index contributed by atoms with van der Waals surface area (Å²) in [6, 6.07) is 0. The van der Waals surface area contributed by atoms with Crippen molar-refractivity contribution in [2.75, 3.05) is 66.1 Å². The van der Waals surface area contributed by atoms with E-state index >= 15 is 0 Å². The molecule has 0 unspecified atom stereocenters. The quantitative estimate of drug-likeness (QED) is 0.0439. The average molecular weight is 544 g/mol. The molecule has 0 aliphatic heterocycles. The zero-order valence-electron chi connectivity index (χ0n) is 20.3. The molecule has 0 amide bonds. The molecule has 0 radical (unpaired) electrons. The number of rotatable bonds is 21. The number of carbonyl (C=O) groups is 3. The highest BCUT2D eigenvalue weighted by atomic mass is 19.2. The monoisotopic (exact) mass is 544 g/mol. The van der Waals surface area contributed by atoms with Crippen LogP contribution in [0.2, 0.25) is 0 Å². The molecule has 0 spiro atoms. The first-order valence-corrected chi connectivity index (χ1v) is 11.3. The van der Waals surface area contributed by atoms with Crippen molar-refractivity contribution >= 4 is 17.5 Å². The Hall–Kier alpha value is -2.52. The fourth-order valence-corrected chi connectivity index (χ4v) is 2.53. The summed E-state index contributed by atoms with van der Waals surface area (Å²) in [6.07, 6.45) is -0.387. The van der Waals surface area contributed by atoms with E-state index in [1.54, 1.807) is 0 Å². The number of hydrogen-bond donors (Lipinski definition) is 0. The topological polar surface area (TPSA) is 107 Å². The Balaban J connectivity index is 1.94. The molecule has 0 saturated carbocycles. The van der Waals surface area contributed by atoms with E-state index in [2.05, 4.69) is 4.74 Å². The predicted octanol–water partition coefficient (Wildman–Crippen LogP) is 2.70. The van der Waals surface area contributed by atoms with E-state index < -0.39 is 47.2 Å². The first-order valence-electron chi connectivity index (χ1n) is 11.3. The maximum atomic E-state index is 13.5. The van der Waals surface area contributed by atoms with Gasteiger partial charge in [-0.05, 0) is 6.92 Å². The molecule has 37 heavy (non-hydrogen) atoms. The zero-order chi connectivity index (χ0) is 27.6. The van der Waals surface area contributed by atoms with Crippen LogP contribution in [-0.2, 0) is 38.1 Å². The lowest BCUT2D eigenvalue weighted by Gasteiger charge is -2.09. The van der Waals surface area contributed by atoms with Gasteiger partial charge in [0.05, 0.1) is 78.9 Å². The van der Waals surface area contributed by atoms with Crippen molar-refractivity contribution in [2.24, 2.45) is 0 Å². The van der Waals surface area contributed by atoms with Crippen molar-refractivity contribution in [1.29, 1.82) is 0 Å². The number of ketones is 2. The van der Waals surface area contributed by atoms with Crippen molar-refractivity contribution < 1.29 is 64.8 Å². The molecular formula is C23H29F5O9. The summed E-state index contributed by atoms with van der Waals surface area (Å²) in [5, 5.41) is 0. The minimum absolute atomic E-state index is 0.0687. The summed E-state index contributed by atoms with van der Waals surface area (Å²) in [4.78, 5) is 33.6. The zero-order valence-corrected chi connectivity index (χ0v) is 20.3. The predicted molar refractivity (Wildman–Crippen MR) is 116 cm³/mol. The Bertz CT molecular complexity index is 854. The summed E-state index contributed by atoms with van der Waals surface area (Å²) < 4.78 is 96.4. The highest BCUT2D eigenvalue weighted by Gasteiger charge is 2.28. The molecule has 1 aromatic rings. The first kappa shape index (κ1) is 32.5. The third-order valence-electron chi connectivity index (χ3n) is 4.30. The molecule has 1 rings (SSSR count). The van der Waals surface area contributed by atoms with Crippen LogP contribution in [0.25, 0.3) is 0 Å². The van der Waals surface area contributed by atoms with E-state index in [1.807, 2.05) is 0 Å². The maximum absolute atomic E-state index is 13.5. The Labute approximate surface area is 210 Å². The molecule has 210 valence electrons. The van der Waals surface area contributed by atoms with Gasteiger partial charge in [0.1, 0.15) is 11.6 Å². The molecule has 0 aromatic heterocycles. The van der Waals surface area contributed by atoms with Crippen molar-refractivity contribution in [2.45, 2.75) is 26.2 Å². The average Bonchev–Trinajstić information content (AvgIpc) is 2.85. The van der Waals surface area contributed by atoms with Crippen LogP contribution in [0, 0.1) is 29.1 Å². The number of hydrogen-bond acceptors (Lipinski definition) is 9. The number of esters is 1. The summed E-state index contributed by atoms with van der Waals surface area (Å²) >= 11 is 0. The van der Waals surface area contributed by atoms with Gasteiger partial charge >= 0.3 is 5.97 Å². The van der Waals surface area contributed by atoms with E-state index in [4.69, 9.17) is 23.7 Å². The van der Waals surface area contributed by atoms with Crippen LogP contribution in [0.1, 0.15) is 26.2 Å². The molecular weight excluding hydrogens is 515 g/mol. The van der Waals surface area contributed by atoms with Gasteiger partial charge in [0.25, 0.3) is 0 Å². The molecule has 0 atom stereocenters. The first-order chi connectivity index (χ1) is 17.6. The van der Waals surface area contributed by atoms with E-state index in [1.165, 1.54) is 6.92 Å². The Morgan fingerprint density at radius 3 is 1.30 bits per heavy atom. The van der Waals surface area contributed by atoms with Crippen LogP contribution >= 0.6 is 0 Å². The van der Waals surface area contributed by atoms with Crippen LogP contribution in [0.15, 0.2) is 0 Å². The molecule has 0 aliphatic rings. The summed E-state index contributed by atoms with van der Waals surface area (Å²) in [6.45, 7) is 3.40. The normalized spacial score (nSPS) is 11.1. The Morgan fingerprint density at radius 1 is 0.541 bits per heavy atom. The van der Waals surface area contributed by atoms with Gasteiger partial charge in [-0.2, -0.15) is 8.78 Å². The second-order valence-electron chi connectivity index (χ2n) is 7.35. The summed E-state index contributed by atoms with van der Waals surface area (Å²) in [5.74, 6) is -14.5. The van der Waals surface area contributed by atoms with Crippen LogP contribution in [0.5, 0.6) is 5.75 Å². The van der Waals surface area contributed by atoms with Crippen LogP contribution in [0.3, 0.4) is 0 Å². The number of carbonyl (C=O) groups excluding carboxylic acids is 3. The number of ether oxygens (including phenoxy) is 6. The summed E-state index contributed by atoms with van der Waals surface area (Å²) in [7, 11) is 0. The van der Waals surface area contributed by atoms with E-state index in [0.29, 0.717) is 26.4 Å². The van der Waals surface area contributed by atoms with Crippen molar-refractivity contribution in [3.63, 3.8) is 0 Å². The van der Waals surface area contributed by atoms with Crippen molar-refractivity contribution in [3.8, 4) is 5.75 Å². The Kier molecular flexibility index (Phi) is 16.4. The molecule has 0 saturated heterocycles. The van der Waals surface area contributed by atoms with Gasteiger partial charge in [0.2, 0.25) is 34.8 Å². The molecule has 0 heterocycles. The smallest absolute Gasteiger partial charge is 0.313 e. The van der Waals surface area contributed by atoms with Crippen LogP contribution in [0.4, 0.5) is 22.0 Å². The van der Waals surface area contributed by atoms with Gasteiger partial charge in [0, 0.05) is 6.42 Å². The van der Waals surface area contributed by atoms with Crippen molar-refractivity contribution in [3.05, 3.63) is 29.1 Å². The second-order valence-corrected chi connectivity index (χ2v) is 7.35. The largest absolute Gasteiger partial charge is 0.420 e. The van der Waals surface area contributed by atoms with Gasteiger partial charge in [-0.3, -0.25) is 14.4 Å². The Morgan fingerprint density at radius 2 is 0.892 bits per heavy atom. The minimum Gasteiger partial charge on any atom is -0.420 e. The van der Waals surface area contributed by atoms with E-state index in [0.717, 1.165) is 0 Å². The third-order valence-corrected chi connectivity index (χ3v) is 4.30. The molecule has 0 aliphatic carbocycles. The van der Waals surface area contributed by atoms with E-state index in [-0.39, 0.29) is 64.0 Å². The lowest BCUT2D eigenvalue weighted by molar-refractivity contribution is -0.136. The van der Waals surface area contributed by atoms with Gasteiger partial charge in [0.15, 0.2) is 0 Å². The molecule has 14 heteroatoms. The standard InChI is InChI=1S/C23H29F5O9/c1-15(29)14-16(30)2-4-32-6-8-34-10-12-36-13-11-35-9-7-33-5-3-17(31)37-23-21(27)19(25)18(24)20(26)22(23)28/h2-14H2,1H3. The van der Waals surface area contributed by atoms with Crippen molar-refractivity contribution in [1.82, 2.24) is 0 Å². The fourth-order valence-electron chi connectivity index (χ4n) is 2.53. The second kappa shape index (κ2) is 18.7. The van der Waals surface area contributed by atoms with Crippen LogP contribution < -0.4 is 4.74 Å². The van der Waals surface area contributed by atoms with Gasteiger partial charge in [-0.1, -0.05) is 0 Å². The number of Topliss-reactive ketones (excluding diaryl/α,β-unsaturated/α-hetero) is 2. The highest BCUT2D eigenvalue weighted by molar-refractivity contribution is 5.97. The maximum Gasteiger partial charge on any atom is 0.313 e. The van der Waals surface area contributed by atoms with Gasteiger partial charge < -0.3 is 28.4 Å². The molecule has 0 bridgehead atoms. The lowest BCUT2D eigenvalue weighted by Crippen LogP contribution is -2.16. The summed E-state index contributed by atoms with van der Waals surface area (Å²) in [5.41, 5.74) is 0. The minimum atomic E-state index is -2.35. The highest BCUT2D eigenvalue weighted by Crippen LogP contribution is 2.29.